The molecule has 0 atom stereocenters. The zero-order chi connectivity index (χ0) is 17.5. The Labute approximate surface area is 150 Å². The maximum atomic E-state index is 12.3. The van der Waals surface area contributed by atoms with Crippen LogP contribution in [-0.4, -0.2) is 10.8 Å². The summed E-state index contributed by atoms with van der Waals surface area (Å²) in [6.07, 6.45) is 5.13. The van der Waals surface area contributed by atoms with Gasteiger partial charge in [-0.05, 0) is 56.1 Å². The second-order valence-electron chi connectivity index (χ2n) is 6.42. The number of pyridine rings is 1. The number of hydrogen-bond donors (Lipinski definition) is 0. The highest BCUT2D eigenvalue weighted by molar-refractivity contribution is 6.24. The Morgan fingerprint density at radius 2 is 1.46 bits per heavy atom. The maximum absolute atomic E-state index is 12.3. The second kappa shape index (κ2) is 5.78. The van der Waals surface area contributed by atoms with E-state index < -0.39 is 0 Å². The van der Waals surface area contributed by atoms with Gasteiger partial charge in [0.2, 0.25) is 5.78 Å². The lowest BCUT2D eigenvalue weighted by Gasteiger charge is -2.12. The topological polar surface area (TPSA) is 30.0 Å². The molecule has 0 aliphatic rings. The summed E-state index contributed by atoms with van der Waals surface area (Å²) in [5, 5.41) is 7.41. The fraction of sp³-hybridized carbons (Fsp3) is 0. The highest BCUT2D eigenvalue weighted by atomic mass is 16.1. The second-order valence-corrected chi connectivity index (χ2v) is 6.42. The molecule has 0 spiro atoms. The average molecular weight is 333 g/mol. The predicted molar refractivity (Wildman–Crippen MR) is 108 cm³/mol. The molecule has 0 fully saturated rings. The molecule has 0 unspecified atom stereocenters. The predicted octanol–water partition coefficient (Wildman–Crippen LogP) is 5.88. The summed E-state index contributed by atoms with van der Waals surface area (Å²) in [5.74, 6) is -0.0868. The van der Waals surface area contributed by atoms with Crippen LogP contribution in [0.3, 0.4) is 0 Å². The highest BCUT2D eigenvalue weighted by Gasteiger charge is 2.10. The molecule has 2 heteroatoms. The van der Waals surface area contributed by atoms with Gasteiger partial charge in [0, 0.05) is 6.20 Å². The fourth-order valence-electron chi connectivity index (χ4n) is 3.66. The normalized spacial score (nSPS) is 11.8. The minimum atomic E-state index is -0.0868. The van der Waals surface area contributed by atoms with E-state index in [9.17, 15) is 4.79 Å². The molecule has 5 aromatic rings. The lowest BCUT2D eigenvalue weighted by Crippen LogP contribution is -1.96. The number of hydrogen-bond acceptors (Lipinski definition) is 2. The Morgan fingerprint density at radius 1 is 0.731 bits per heavy atom. The van der Waals surface area contributed by atoms with Crippen LogP contribution in [0.4, 0.5) is 0 Å². The van der Waals surface area contributed by atoms with E-state index in [2.05, 4.69) is 59.6 Å². The molecule has 26 heavy (non-hydrogen) atoms. The van der Waals surface area contributed by atoms with Crippen molar-refractivity contribution in [1.29, 1.82) is 0 Å². The van der Waals surface area contributed by atoms with Crippen LogP contribution in [0.25, 0.3) is 38.4 Å². The van der Waals surface area contributed by atoms with Crippen molar-refractivity contribution in [3.05, 3.63) is 96.3 Å². The Balaban J connectivity index is 1.69. The molecule has 0 saturated carbocycles. The zero-order valence-electron chi connectivity index (χ0n) is 14.0. The van der Waals surface area contributed by atoms with Gasteiger partial charge in [0.25, 0.3) is 0 Å². The maximum Gasteiger partial charge on any atom is 0.204 e. The number of carbonyl (C=O) groups excluding carboxylic acids is 1. The summed E-state index contributed by atoms with van der Waals surface area (Å²) in [6, 6.07) is 24.6. The lowest BCUT2D eigenvalue weighted by atomic mass is 9.92. The van der Waals surface area contributed by atoms with Crippen molar-refractivity contribution < 1.29 is 4.79 Å². The molecule has 1 aromatic heterocycles. The number of nitrogens with zero attached hydrogens (tertiary/aromatic N) is 1. The summed E-state index contributed by atoms with van der Waals surface area (Å²) in [5.41, 5.74) is 1.50. The first kappa shape index (κ1) is 14.8. The van der Waals surface area contributed by atoms with E-state index in [1.807, 2.05) is 12.1 Å². The van der Waals surface area contributed by atoms with Gasteiger partial charge in [-0.2, -0.15) is 0 Å². The minimum Gasteiger partial charge on any atom is -0.288 e. The molecule has 4 aromatic carbocycles. The Bertz CT molecular complexity index is 1270. The fourth-order valence-corrected chi connectivity index (χ4v) is 3.66. The number of ketones is 1. The van der Waals surface area contributed by atoms with Gasteiger partial charge in [0.05, 0.1) is 0 Å². The molecular weight excluding hydrogens is 318 g/mol. The SMILES string of the molecule is O=C(/C=C/c1ccc2ccc3cccc4ccc1c2c34)c1ccccn1. The van der Waals surface area contributed by atoms with Crippen LogP contribution in [0, 0.1) is 0 Å². The average Bonchev–Trinajstić information content (AvgIpc) is 2.71. The van der Waals surface area contributed by atoms with Gasteiger partial charge >= 0.3 is 0 Å². The van der Waals surface area contributed by atoms with Crippen molar-refractivity contribution in [3.63, 3.8) is 0 Å². The van der Waals surface area contributed by atoms with Gasteiger partial charge in [0.1, 0.15) is 5.69 Å². The Hall–Kier alpha value is -3.52. The molecule has 1 heterocycles. The van der Waals surface area contributed by atoms with Gasteiger partial charge in [-0.1, -0.05) is 66.7 Å². The molecule has 0 saturated heterocycles. The number of benzene rings is 4. The molecule has 0 aliphatic heterocycles. The third-order valence-corrected chi connectivity index (χ3v) is 4.89. The Morgan fingerprint density at radius 3 is 2.23 bits per heavy atom. The van der Waals surface area contributed by atoms with E-state index >= 15 is 0 Å². The summed E-state index contributed by atoms with van der Waals surface area (Å²) >= 11 is 0. The van der Waals surface area contributed by atoms with Crippen LogP contribution < -0.4 is 0 Å². The first-order valence-electron chi connectivity index (χ1n) is 8.61. The molecule has 2 nitrogen and oxygen atoms in total. The number of carbonyl (C=O) groups is 1. The van der Waals surface area contributed by atoms with E-state index in [1.54, 1.807) is 24.4 Å². The third kappa shape index (κ3) is 2.27. The van der Waals surface area contributed by atoms with Crippen molar-refractivity contribution in [2.75, 3.05) is 0 Å². The lowest BCUT2D eigenvalue weighted by molar-refractivity contribution is 0.104. The Kier molecular flexibility index (Phi) is 3.29. The van der Waals surface area contributed by atoms with Crippen LogP contribution in [0.5, 0.6) is 0 Å². The van der Waals surface area contributed by atoms with Crippen LogP contribution >= 0.6 is 0 Å². The van der Waals surface area contributed by atoms with Gasteiger partial charge < -0.3 is 0 Å². The third-order valence-electron chi connectivity index (χ3n) is 4.89. The summed E-state index contributed by atoms with van der Waals surface area (Å²) in [4.78, 5) is 16.5. The first-order chi connectivity index (χ1) is 12.8. The molecule has 0 bridgehead atoms. The first-order valence-corrected chi connectivity index (χ1v) is 8.61. The highest BCUT2D eigenvalue weighted by Crippen LogP contribution is 2.36. The molecule has 0 aliphatic carbocycles. The number of rotatable bonds is 3. The zero-order valence-corrected chi connectivity index (χ0v) is 14.0. The van der Waals surface area contributed by atoms with E-state index in [1.165, 1.54) is 26.9 Å². The van der Waals surface area contributed by atoms with Crippen molar-refractivity contribution in [2.45, 2.75) is 0 Å². The van der Waals surface area contributed by atoms with Crippen LogP contribution in [0.15, 0.2) is 85.1 Å². The number of allylic oxidation sites excluding steroid dienone is 1. The standard InChI is InChI=1S/C24H15NO/c26-22(21-6-1-2-15-25-21)14-12-16-7-8-19-10-9-17-4-3-5-18-11-13-20(16)24(19)23(17)18/h1-15H/b14-12+. The van der Waals surface area contributed by atoms with Crippen LogP contribution in [-0.2, 0) is 0 Å². The monoisotopic (exact) mass is 333 g/mol. The molecule has 122 valence electrons. The van der Waals surface area contributed by atoms with Gasteiger partial charge in [-0.15, -0.1) is 0 Å². The summed E-state index contributed by atoms with van der Waals surface area (Å²) in [7, 11) is 0. The van der Waals surface area contributed by atoms with Crippen molar-refractivity contribution >= 4 is 44.2 Å². The van der Waals surface area contributed by atoms with Crippen molar-refractivity contribution in [1.82, 2.24) is 4.98 Å². The molecule has 5 rings (SSSR count). The van der Waals surface area contributed by atoms with E-state index in [-0.39, 0.29) is 5.78 Å². The van der Waals surface area contributed by atoms with Crippen molar-refractivity contribution in [2.24, 2.45) is 0 Å². The molecule has 0 N–H and O–H groups in total. The quantitative estimate of drug-likeness (QED) is 0.235. The van der Waals surface area contributed by atoms with Crippen LogP contribution in [0.1, 0.15) is 16.1 Å². The van der Waals surface area contributed by atoms with Crippen molar-refractivity contribution in [3.8, 4) is 0 Å². The van der Waals surface area contributed by atoms with E-state index in [0.29, 0.717) is 5.69 Å². The molecule has 0 radical (unpaired) electrons. The summed E-state index contributed by atoms with van der Waals surface area (Å²) in [6.45, 7) is 0. The van der Waals surface area contributed by atoms with Gasteiger partial charge in [0.15, 0.2) is 0 Å². The van der Waals surface area contributed by atoms with Gasteiger partial charge in [-0.25, -0.2) is 0 Å². The molecule has 0 amide bonds. The number of aromatic nitrogens is 1. The van der Waals surface area contributed by atoms with E-state index in [4.69, 9.17) is 0 Å². The largest absolute Gasteiger partial charge is 0.288 e. The smallest absolute Gasteiger partial charge is 0.204 e. The molecular formula is C24H15NO. The van der Waals surface area contributed by atoms with Crippen LogP contribution in [0.2, 0.25) is 0 Å². The summed E-state index contributed by atoms with van der Waals surface area (Å²) < 4.78 is 0. The minimum absolute atomic E-state index is 0.0868. The van der Waals surface area contributed by atoms with Gasteiger partial charge in [-0.3, -0.25) is 9.78 Å². The van der Waals surface area contributed by atoms with E-state index in [0.717, 1.165) is 10.9 Å².